The van der Waals surface area contributed by atoms with Gasteiger partial charge in [-0.25, -0.2) is 4.98 Å². The molecule has 1 fully saturated rings. The van der Waals surface area contributed by atoms with E-state index in [1.807, 2.05) is 6.92 Å². The number of benzene rings is 1. The van der Waals surface area contributed by atoms with E-state index in [1.54, 1.807) is 0 Å². The number of alkyl halides is 1. The number of hydrogen-bond donors (Lipinski definition) is 0. The molecule has 18 heavy (non-hydrogen) atoms. The van der Waals surface area contributed by atoms with Gasteiger partial charge in [0.15, 0.2) is 0 Å². The Kier molecular flexibility index (Phi) is 2.86. The van der Waals surface area contributed by atoms with Crippen molar-refractivity contribution in [2.45, 2.75) is 45.0 Å². The number of rotatable bonds is 2. The van der Waals surface area contributed by atoms with Crippen LogP contribution in [0, 0.1) is 12.8 Å². The molecule has 3 heteroatoms. The zero-order chi connectivity index (χ0) is 12.9. The summed E-state index contributed by atoms with van der Waals surface area (Å²) >= 11 is 6.31. The molecule has 1 aromatic carbocycles. The predicted octanol–water partition coefficient (Wildman–Crippen LogP) is 4.62. The van der Waals surface area contributed by atoms with Crippen LogP contribution in [0.2, 0.25) is 0 Å². The Bertz CT molecular complexity index is 579. The maximum absolute atomic E-state index is 6.31. The van der Waals surface area contributed by atoms with E-state index in [9.17, 15) is 0 Å². The van der Waals surface area contributed by atoms with Gasteiger partial charge < -0.3 is 4.57 Å². The zero-order valence-corrected chi connectivity index (χ0v) is 11.9. The number of para-hydroxylation sites is 1. The Labute approximate surface area is 113 Å². The van der Waals surface area contributed by atoms with Crippen LogP contribution in [0.15, 0.2) is 18.2 Å². The third-order valence-corrected chi connectivity index (χ3v) is 4.20. The van der Waals surface area contributed by atoms with E-state index in [2.05, 4.69) is 36.6 Å². The average molecular weight is 263 g/mol. The van der Waals surface area contributed by atoms with Crippen molar-refractivity contribution in [1.82, 2.24) is 9.55 Å². The van der Waals surface area contributed by atoms with E-state index in [-0.39, 0.29) is 5.38 Å². The molecule has 1 atom stereocenters. The fourth-order valence-electron chi connectivity index (χ4n) is 3.06. The van der Waals surface area contributed by atoms with Gasteiger partial charge in [-0.15, -0.1) is 11.6 Å². The van der Waals surface area contributed by atoms with E-state index < -0.39 is 0 Å². The van der Waals surface area contributed by atoms with Gasteiger partial charge in [-0.05, 0) is 44.2 Å². The number of aromatic nitrogens is 2. The lowest BCUT2D eigenvalue weighted by molar-refractivity contribution is 0.216. The van der Waals surface area contributed by atoms with Gasteiger partial charge in [-0.3, -0.25) is 0 Å². The van der Waals surface area contributed by atoms with Gasteiger partial charge in [0.1, 0.15) is 5.82 Å². The predicted molar refractivity (Wildman–Crippen MR) is 76.2 cm³/mol. The van der Waals surface area contributed by atoms with Crippen LogP contribution in [0.3, 0.4) is 0 Å². The molecule has 96 valence electrons. The highest BCUT2D eigenvalue weighted by Gasteiger charge is 2.31. The quantitative estimate of drug-likeness (QED) is 0.723. The molecule has 0 aliphatic heterocycles. The van der Waals surface area contributed by atoms with Gasteiger partial charge in [0.05, 0.1) is 16.4 Å². The molecule has 0 bridgehead atoms. The van der Waals surface area contributed by atoms with Gasteiger partial charge in [0.25, 0.3) is 0 Å². The number of halogens is 1. The summed E-state index contributed by atoms with van der Waals surface area (Å²) < 4.78 is 2.39. The number of fused-ring (bicyclic) bond motifs is 1. The minimum absolute atomic E-state index is 0.0345. The molecule has 1 saturated carbocycles. The first kappa shape index (κ1) is 12.0. The van der Waals surface area contributed by atoms with Gasteiger partial charge in [-0.1, -0.05) is 19.1 Å². The van der Waals surface area contributed by atoms with Crippen molar-refractivity contribution in [1.29, 1.82) is 0 Å². The van der Waals surface area contributed by atoms with E-state index in [1.165, 1.54) is 23.9 Å². The van der Waals surface area contributed by atoms with Crippen molar-refractivity contribution in [2.75, 3.05) is 0 Å². The smallest absolute Gasteiger partial charge is 0.127 e. The normalized spacial score (nSPS) is 25.1. The second-order valence-electron chi connectivity index (χ2n) is 5.63. The van der Waals surface area contributed by atoms with Crippen LogP contribution in [-0.2, 0) is 0 Å². The third-order valence-electron chi connectivity index (χ3n) is 4.01. The molecule has 1 unspecified atom stereocenters. The zero-order valence-electron chi connectivity index (χ0n) is 11.2. The average Bonchev–Trinajstić information content (AvgIpc) is 2.65. The van der Waals surface area contributed by atoms with Gasteiger partial charge in [0, 0.05) is 6.04 Å². The van der Waals surface area contributed by atoms with Crippen LogP contribution in [-0.4, -0.2) is 9.55 Å². The molecule has 0 N–H and O–H groups in total. The highest BCUT2D eigenvalue weighted by atomic mass is 35.5. The molecular formula is C15H19ClN2. The van der Waals surface area contributed by atoms with Crippen molar-refractivity contribution in [3.8, 4) is 0 Å². The number of imidazole rings is 1. The fraction of sp³-hybridized carbons (Fsp3) is 0.533. The minimum atomic E-state index is -0.0345. The van der Waals surface area contributed by atoms with E-state index in [0.717, 1.165) is 17.3 Å². The Morgan fingerprint density at radius 1 is 1.39 bits per heavy atom. The summed E-state index contributed by atoms with van der Waals surface area (Å²) in [5, 5.41) is -0.0345. The molecular weight excluding hydrogens is 244 g/mol. The minimum Gasteiger partial charge on any atom is -0.323 e. The fourth-order valence-corrected chi connectivity index (χ4v) is 3.21. The summed E-state index contributed by atoms with van der Waals surface area (Å²) in [7, 11) is 0. The lowest BCUT2D eigenvalue weighted by Crippen LogP contribution is -2.26. The first-order valence-corrected chi connectivity index (χ1v) is 7.13. The van der Waals surface area contributed by atoms with Gasteiger partial charge in [-0.2, -0.15) is 0 Å². The maximum atomic E-state index is 6.31. The molecule has 0 spiro atoms. The summed E-state index contributed by atoms with van der Waals surface area (Å²) in [6.45, 7) is 6.48. The van der Waals surface area contributed by atoms with Crippen LogP contribution < -0.4 is 0 Å². The monoisotopic (exact) mass is 262 g/mol. The number of hydrogen-bond acceptors (Lipinski definition) is 1. The molecule has 1 aliphatic carbocycles. The van der Waals surface area contributed by atoms with Gasteiger partial charge >= 0.3 is 0 Å². The van der Waals surface area contributed by atoms with Crippen LogP contribution in [0.5, 0.6) is 0 Å². The third kappa shape index (κ3) is 1.74. The van der Waals surface area contributed by atoms with Crippen molar-refractivity contribution in [2.24, 2.45) is 5.92 Å². The Balaban J connectivity index is 2.21. The summed E-state index contributed by atoms with van der Waals surface area (Å²) in [5.41, 5.74) is 3.65. The van der Waals surface area contributed by atoms with Crippen LogP contribution in [0.1, 0.15) is 49.5 Å². The summed E-state index contributed by atoms with van der Waals surface area (Å²) in [4.78, 5) is 4.73. The first-order valence-electron chi connectivity index (χ1n) is 6.69. The maximum Gasteiger partial charge on any atom is 0.127 e. The van der Waals surface area contributed by atoms with Crippen LogP contribution in [0.25, 0.3) is 11.0 Å². The molecule has 1 heterocycles. The molecule has 0 radical (unpaired) electrons. The van der Waals surface area contributed by atoms with Crippen LogP contribution >= 0.6 is 11.6 Å². The highest BCUT2D eigenvalue weighted by Crippen LogP contribution is 2.42. The lowest BCUT2D eigenvalue weighted by atomic mass is 9.81. The number of aryl methyl sites for hydroxylation is 1. The molecule has 0 saturated heterocycles. The lowest BCUT2D eigenvalue weighted by Gasteiger charge is -2.35. The van der Waals surface area contributed by atoms with Crippen molar-refractivity contribution in [3.05, 3.63) is 29.6 Å². The number of nitrogens with zero attached hydrogens (tertiary/aromatic N) is 2. The molecule has 1 aliphatic rings. The highest BCUT2D eigenvalue weighted by molar-refractivity contribution is 6.20. The molecule has 1 aromatic heterocycles. The summed E-state index contributed by atoms with van der Waals surface area (Å²) in [5.74, 6) is 1.85. The van der Waals surface area contributed by atoms with Crippen molar-refractivity contribution in [3.63, 3.8) is 0 Å². The SMILES string of the molecule is Cc1cccc2nc(C(C)Cl)n(C3CC(C)C3)c12. The van der Waals surface area contributed by atoms with Crippen molar-refractivity contribution < 1.29 is 0 Å². The van der Waals surface area contributed by atoms with E-state index >= 15 is 0 Å². The Hall–Kier alpha value is -1.02. The Morgan fingerprint density at radius 2 is 2.11 bits per heavy atom. The van der Waals surface area contributed by atoms with Gasteiger partial charge in [0.2, 0.25) is 0 Å². The van der Waals surface area contributed by atoms with Crippen molar-refractivity contribution >= 4 is 22.6 Å². The topological polar surface area (TPSA) is 17.8 Å². The molecule has 3 rings (SSSR count). The Morgan fingerprint density at radius 3 is 2.72 bits per heavy atom. The summed E-state index contributed by atoms with van der Waals surface area (Å²) in [6.07, 6.45) is 2.49. The molecule has 2 nitrogen and oxygen atoms in total. The van der Waals surface area contributed by atoms with E-state index in [4.69, 9.17) is 16.6 Å². The standard InChI is InChI=1S/C15H19ClN2/c1-9-7-12(8-9)18-14-10(2)5-4-6-13(14)17-15(18)11(3)16/h4-6,9,11-12H,7-8H2,1-3H3. The molecule has 0 amide bonds. The molecule has 2 aromatic rings. The second kappa shape index (κ2) is 4.27. The van der Waals surface area contributed by atoms with E-state index in [0.29, 0.717) is 6.04 Å². The largest absolute Gasteiger partial charge is 0.323 e. The first-order chi connectivity index (χ1) is 8.58. The second-order valence-corrected chi connectivity index (χ2v) is 6.28. The summed E-state index contributed by atoms with van der Waals surface area (Å²) in [6, 6.07) is 6.90. The van der Waals surface area contributed by atoms with Crippen LogP contribution in [0.4, 0.5) is 0 Å².